The number of ether oxygens (including phenoxy) is 1. The van der Waals surface area contributed by atoms with Crippen molar-refractivity contribution in [2.24, 2.45) is 15.9 Å². The van der Waals surface area contributed by atoms with Gasteiger partial charge >= 0.3 is 0 Å². The van der Waals surface area contributed by atoms with Crippen LogP contribution >= 0.6 is 15.9 Å². The van der Waals surface area contributed by atoms with E-state index in [9.17, 15) is 8.42 Å². The monoisotopic (exact) mass is 458 g/mol. The Kier molecular flexibility index (Phi) is 8.88. The van der Waals surface area contributed by atoms with Gasteiger partial charge in [-0.25, -0.2) is 5.48 Å². The molecule has 0 aliphatic carbocycles. The first-order valence-electron chi connectivity index (χ1n) is 7.31. The van der Waals surface area contributed by atoms with Crippen molar-refractivity contribution >= 4 is 38.2 Å². The van der Waals surface area contributed by atoms with Crippen molar-refractivity contribution in [1.82, 2.24) is 5.48 Å². The molecule has 0 spiro atoms. The van der Waals surface area contributed by atoms with Crippen LogP contribution in [0.5, 0.6) is 5.75 Å². The molecule has 11 heteroatoms. The molecule has 0 unspecified atom stereocenters. The molecule has 27 heavy (non-hydrogen) atoms. The molecule has 0 bridgehead atoms. The third-order valence-corrected chi connectivity index (χ3v) is 4.47. The molecule has 0 aliphatic rings. The first-order chi connectivity index (χ1) is 12.7. The zero-order valence-corrected chi connectivity index (χ0v) is 16.9. The zero-order chi connectivity index (χ0) is 20.4. The first-order valence-corrected chi connectivity index (χ1v) is 9.55. The highest BCUT2D eigenvalue weighted by Gasteiger charge is 2.06. The molecule has 0 saturated carbocycles. The number of rotatable bonds is 4. The van der Waals surface area contributed by atoms with E-state index < -0.39 is 10.1 Å². The van der Waals surface area contributed by atoms with Crippen LogP contribution in [0.2, 0.25) is 0 Å². The van der Waals surface area contributed by atoms with E-state index in [2.05, 4.69) is 26.1 Å². The van der Waals surface area contributed by atoms with Gasteiger partial charge < -0.3 is 10.5 Å². The van der Waals surface area contributed by atoms with Crippen LogP contribution in [-0.4, -0.2) is 37.5 Å². The number of nitrogens with one attached hydrogen (secondary N) is 1. The summed E-state index contributed by atoms with van der Waals surface area (Å²) in [5.74, 6) is 0.556. The number of nitrogens with zero attached hydrogens (tertiary/aromatic N) is 2. The second-order valence-electron chi connectivity index (χ2n) is 5.02. The highest BCUT2D eigenvalue weighted by atomic mass is 79.9. The summed E-state index contributed by atoms with van der Waals surface area (Å²) in [6, 6.07) is 11.4. The van der Waals surface area contributed by atoms with Crippen molar-refractivity contribution in [3.63, 3.8) is 0 Å². The number of halogens is 1. The highest BCUT2D eigenvalue weighted by Crippen LogP contribution is 2.24. The minimum atomic E-state index is -4.02. The molecule has 0 amide bonds. The summed E-state index contributed by atoms with van der Waals surface area (Å²) in [7, 11) is -2.43. The van der Waals surface area contributed by atoms with Crippen molar-refractivity contribution in [3.8, 4) is 5.75 Å². The lowest BCUT2D eigenvalue weighted by Crippen LogP contribution is -2.27. The van der Waals surface area contributed by atoms with E-state index in [4.69, 9.17) is 20.2 Å². The average Bonchev–Trinajstić information content (AvgIpc) is 2.62. The van der Waals surface area contributed by atoms with Crippen LogP contribution in [0, 0.1) is 6.92 Å². The summed E-state index contributed by atoms with van der Waals surface area (Å²) >= 11 is 3.34. The van der Waals surface area contributed by atoms with Crippen molar-refractivity contribution in [1.29, 1.82) is 0 Å². The number of methoxy groups -OCH3 is 1. The Morgan fingerprint density at radius 3 is 2.37 bits per heavy atom. The predicted molar refractivity (Wildman–Crippen MR) is 106 cm³/mol. The summed E-state index contributed by atoms with van der Waals surface area (Å²) in [4.78, 5) is -0.0666. The van der Waals surface area contributed by atoms with E-state index in [1.807, 2.05) is 19.1 Å². The predicted octanol–water partition coefficient (Wildman–Crippen LogP) is 2.33. The first kappa shape index (κ1) is 22.6. The van der Waals surface area contributed by atoms with E-state index in [0.29, 0.717) is 0 Å². The molecule has 2 aromatic rings. The Labute approximate surface area is 165 Å². The van der Waals surface area contributed by atoms with Gasteiger partial charge in [0.2, 0.25) is 5.96 Å². The van der Waals surface area contributed by atoms with Crippen LogP contribution in [0.15, 0.2) is 62.0 Å². The van der Waals surface area contributed by atoms with Crippen LogP contribution in [-0.2, 0) is 10.1 Å². The third-order valence-electron chi connectivity index (χ3n) is 2.98. The van der Waals surface area contributed by atoms with Gasteiger partial charge in [-0.1, -0.05) is 17.7 Å². The zero-order valence-electron chi connectivity index (χ0n) is 14.5. The maximum absolute atomic E-state index is 10.5. The summed E-state index contributed by atoms with van der Waals surface area (Å²) in [5, 5.41) is 15.5. The second kappa shape index (κ2) is 10.6. The Hall–Kier alpha value is -2.47. The molecule has 0 saturated heterocycles. The molecule has 2 aromatic carbocycles. The number of hydrogen-bond acceptors (Lipinski definition) is 6. The lowest BCUT2D eigenvalue weighted by Gasteiger charge is -2.02. The van der Waals surface area contributed by atoms with Gasteiger partial charge in [0.25, 0.3) is 10.1 Å². The van der Waals surface area contributed by atoms with Gasteiger partial charge in [0.15, 0.2) is 0 Å². The van der Waals surface area contributed by atoms with Gasteiger partial charge in [0.1, 0.15) is 5.75 Å². The molecule has 2 rings (SSSR count). The molecule has 0 atom stereocenters. The number of hydroxylamine groups is 1. The van der Waals surface area contributed by atoms with Gasteiger partial charge in [-0.2, -0.15) is 13.5 Å². The maximum Gasteiger partial charge on any atom is 0.294 e. The highest BCUT2D eigenvalue weighted by molar-refractivity contribution is 9.10. The van der Waals surface area contributed by atoms with Gasteiger partial charge in [-0.15, -0.1) is 5.10 Å². The van der Waals surface area contributed by atoms with Crippen LogP contribution in [0.3, 0.4) is 0 Å². The van der Waals surface area contributed by atoms with Crippen molar-refractivity contribution < 1.29 is 22.9 Å². The van der Waals surface area contributed by atoms with E-state index in [1.54, 1.807) is 30.8 Å². The van der Waals surface area contributed by atoms with Gasteiger partial charge in [-0.05, 0) is 58.7 Å². The van der Waals surface area contributed by atoms with Crippen molar-refractivity contribution in [2.75, 3.05) is 7.11 Å². The molecule has 0 aromatic heterocycles. The number of aryl methyl sites for hydroxylation is 1. The maximum atomic E-state index is 10.5. The average molecular weight is 459 g/mol. The SMILES string of the molecule is COc1ccc(C=NN=C(N)NO)cc1Br.Cc1ccc(S(=O)(=O)O)cc1. The van der Waals surface area contributed by atoms with Crippen molar-refractivity contribution in [3.05, 3.63) is 58.1 Å². The van der Waals surface area contributed by atoms with Crippen LogP contribution in [0.1, 0.15) is 11.1 Å². The fourth-order valence-corrected chi connectivity index (χ4v) is 2.69. The van der Waals surface area contributed by atoms with E-state index >= 15 is 0 Å². The van der Waals surface area contributed by atoms with Gasteiger partial charge in [0, 0.05) is 0 Å². The molecule has 5 N–H and O–H groups in total. The summed E-state index contributed by atoms with van der Waals surface area (Å²) in [6.07, 6.45) is 1.49. The van der Waals surface area contributed by atoms with E-state index in [1.165, 1.54) is 18.3 Å². The number of hydrogen-bond donors (Lipinski definition) is 4. The Morgan fingerprint density at radius 1 is 1.26 bits per heavy atom. The summed E-state index contributed by atoms with van der Waals surface area (Å²) in [6.45, 7) is 1.84. The molecule has 0 aliphatic heterocycles. The van der Waals surface area contributed by atoms with Gasteiger partial charge in [0.05, 0.1) is 22.7 Å². The van der Waals surface area contributed by atoms with Gasteiger partial charge in [-0.3, -0.25) is 9.76 Å². The summed E-state index contributed by atoms with van der Waals surface area (Å²) < 4.78 is 35.4. The van der Waals surface area contributed by atoms with Crippen LogP contribution < -0.4 is 16.0 Å². The normalized spacial score (nSPS) is 11.7. The standard InChI is InChI=1S/C9H11BrN4O2.C7H8O3S/c1-16-8-3-2-6(4-7(8)10)5-12-13-9(11)14-15;1-6-2-4-7(5-3-6)11(8,9)10/h2-5,15H,1H3,(H3,11,13,14);2-5H,1H3,(H,8,9,10). The fraction of sp³-hybridized carbons (Fsp3) is 0.125. The third kappa shape index (κ3) is 8.17. The fourth-order valence-electron chi connectivity index (χ4n) is 1.65. The van der Waals surface area contributed by atoms with Crippen molar-refractivity contribution in [2.45, 2.75) is 11.8 Å². The van der Waals surface area contributed by atoms with E-state index in [-0.39, 0.29) is 10.9 Å². The minimum Gasteiger partial charge on any atom is -0.496 e. The Morgan fingerprint density at radius 2 is 1.89 bits per heavy atom. The topological polar surface area (TPSA) is 147 Å². The molecule has 146 valence electrons. The number of benzene rings is 2. The molecule has 0 heterocycles. The molecule has 0 radical (unpaired) electrons. The van der Waals surface area contributed by atoms with Crippen LogP contribution in [0.4, 0.5) is 0 Å². The smallest absolute Gasteiger partial charge is 0.294 e. The molecular formula is C16H19BrN4O5S. The second-order valence-corrected chi connectivity index (χ2v) is 7.30. The molecular weight excluding hydrogens is 440 g/mol. The molecule has 9 nitrogen and oxygen atoms in total. The largest absolute Gasteiger partial charge is 0.496 e. The minimum absolute atomic E-state index is 0.0666. The lowest BCUT2D eigenvalue weighted by molar-refractivity contribution is 0.232. The number of guanidine groups is 1. The Balaban J connectivity index is 0.000000289. The number of nitrogens with two attached hydrogens (primary N) is 1. The quantitative estimate of drug-likeness (QED) is 0.238. The Bertz CT molecular complexity index is 915. The van der Waals surface area contributed by atoms with E-state index in [0.717, 1.165) is 21.3 Å². The lowest BCUT2D eigenvalue weighted by atomic mass is 10.2. The van der Waals surface area contributed by atoms with Crippen LogP contribution in [0.25, 0.3) is 0 Å². The molecule has 0 fully saturated rings. The summed E-state index contributed by atoms with van der Waals surface area (Å²) in [5.41, 5.74) is 8.60.